The van der Waals surface area contributed by atoms with E-state index in [-0.39, 0.29) is 6.10 Å². The Morgan fingerprint density at radius 2 is 1.54 bits per heavy atom. The van der Waals surface area contributed by atoms with E-state index >= 15 is 0 Å². The average molecular weight is 178 g/mol. The molecule has 72 valence electrons. The lowest BCUT2D eigenvalue weighted by Gasteiger charge is -2.36. The number of hydrogen-bond donors (Lipinski definition) is 1. The van der Waals surface area contributed by atoms with E-state index in [1.807, 2.05) is 0 Å². The van der Waals surface area contributed by atoms with E-state index in [4.69, 9.17) is 0 Å². The Kier molecular flexibility index (Phi) is 1.19. The molecule has 0 aliphatic heterocycles. The highest BCUT2D eigenvalue weighted by Gasteiger charge is 2.61. The van der Waals surface area contributed by atoms with Crippen LogP contribution in [0.4, 0.5) is 0 Å². The van der Waals surface area contributed by atoms with Crippen molar-refractivity contribution in [3.8, 4) is 0 Å². The Morgan fingerprint density at radius 3 is 2.38 bits per heavy atom. The summed E-state index contributed by atoms with van der Waals surface area (Å²) in [5, 5.41) is 9.89. The molecule has 1 nitrogen and oxygen atoms in total. The van der Waals surface area contributed by atoms with Crippen molar-refractivity contribution >= 4 is 0 Å². The zero-order valence-electron chi connectivity index (χ0n) is 8.02. The molecule has 0 aromatic carbocycles. The van der Waals surface area contributed by atoms with E-state index in [1.165, 1.54) is 25.7 Å². The summed E-state index contributed by atoms with van der Waals surface area (Å²) in [5.74, 6) is 5.79. The largest absolute Gasteiger partial charge is 0.393 e. The molecule has 0 aromatic rings. The molecule has 4 aliphatic rings. The van der Waals surface area contributed by atoms with Crippen molar-refractivity contribution in [1.82, 2.24) is 0 Å². The van der Waals surface area contributed by atoms with Crippen LogP contribution in [-0.2, 0) is 0 Å². The third-order valence-corrected chi connectivity index (χ3v) is 5.70. The van der Waals surface area contributed by atoms with Gasteiger partial charge in [-0.05, 0) is 67.6 Å². The fourth-order valence-electron chi connectivity index (χ4n) is 5.53. The zero-order valence-corrected chi connectivity index (χ0v) is 8.02. The summed E-state index contributed by atoms with van der Waals surface area (Å²) in [6, 6.07) is 0. The predicted octanol–water partition coefficient (Wildman–Crippen LogP) is 2.05. The lowest BCUT2D eigenvalue weighted by molar-refractivity contribution is 0.0291. The Bertz CT molecular complexity index is 250. The topological polar surface area (TPSA) is 20.2 Å². The summed E-state index contributed by atoms with van der Waals surface area (Å²) >= 11 is 0. The Balaban J connectivity index is 1.75. The fourth-order valence-corrected chi connectivity index (χ4v) is 5.53. The second-order valence-corrected chi connectivity index (χ2v) is 5.95. The molecule has 4 fully saturated rings. The third kappa shape index (κ3) is 0.707. The second kappa shape index (κ2) is 2.13. The summed E-state index contributed by atoms with van der Waals surface area (Å²) in [6.07, 6.45) is 7.14. The van der Waals surface area contributed by atoms with Crippen LogP contribution < -0.4 is 0 Å². The number of rotatable bonds is 0. The molecule has 0 saturated heterocycles. The monoisotopic (exact) mass is 178 g/mol. The second-order valence-electron chi connectivity index (χ2n) is 5.95. The fraction of sp³-hybridized carbons (Fsp3) is 1.00. The van der Waals surface area contributed by atoms with Gasteiger partial charge in [0.25, 0.3) is 0 Å². The summed E-state index contributed by atoms with van der Waals surface area (Å²) in [6.45, 7) is 0. The average Bonchev–Trinajstić information content (AvgIpc) is 2.78. The molecule has 1 heteroatoms. The van der Waals surface area contributed by atoms with Crippen molar-refractivity contribution in [2.24, 2.45) is 35.5 Å². The van der Waals surface area contributed by atoms with Crippen LogP contribution in [0.5, 0.6) is 0 Å². The van der Waals surface area contributed by atoms with Gasteiger partial charge in [0.15, 0.2) is 0 Å². The first-order valence-electron chi connectivity index (χ1n) is 6.02. The minimum absolute atomic E-state index is 0.0885. The van der Waals surface area contributed by atoms with Crippen LogP contribution in [0.25, 0.3) is 0 Å². The van der Waals surface area contributed by atoms with Gasteiger partial charge in [0.05, 0.1) is 6.10 Å². The van der Waals surface area contributed by atoms with Crippen LogP contribution >= 0.6 is 0 Å². The van der Waals surface area contributed by atoms with Crippen molar-refractivity contribution < 1.29 is 5.11 Å². The van der Waals surface area contributed by atoms with Gasteiger partial charge in [-0.1, -0.05) is 0 Å². The number of aliphatic hydroxyl groups is 1. The Hall–Kier alpha value is -0.0400. The van der Waals surface area contributed by atoms with Gasteiger partial charge >= 0.3 is 0 Å². The van der Waals surface area contributed by atoms with Crippen LogP contribution in [0.3, 0.4) is 0 Å². The highest BCUT2D eigenvalue weighted by Crippen LogP contribution is 2.67. The molecule has 4 bridgehead atoms. The molecule has 0 aromatic heterocycles. The van der Waals surface area contributed by atoms with Crippen molar-refractivity contribution in [2.75, 3.05) is 0 Å². The van der Waals surface area contributed by atoms with E-state index in [9.17, 15) is 5.11 Å². The van der Waals surface area contributed by atoms with Gasteiger partial charge in [-0.15, -0.1) is 0 Å². The lowest BCUT2D eigenvalue weighted by atomic mass is 9.70. The maximum absolute atomic E-state index is 9.89. The predicted molar refractivity (Wildman–Crippen MR) is 50.0 cm³/mol. The van der Waals surface area contributed by atoms with Crippen LogP contribution in [0.15, 0.2) is 0 Å². The number of fused-ring (bicyclic) bond motifs is 9. The molecular weight excluding hydrogens is 160 g/mol. The first-order valence-corrected chi connectivity index (χ1v) is 6.02. The van der Waals surface area contributed by atoms with Crippen LogP contribution in [0.1, 0.15) is 32.1 Å². The van der Waals surface area contributed by atoms with Gasteiger partial charge in [0.1, 0.15) is 0 Å². The van der Waals surface area contributed by atoms with E-state index in [2.05, 4.69) is 0 Å². The van der Waals surface area contributed by atoms with Crippen molar-refractivity contribution in [3.63, 3.8) is 0 Å². The number of aliphatic hydroxyl groups excluding tert-OH is 1. The molecular formula is C12H18O. The molecule has 0 radical (unpaired) electrons. The molecule has 0 unspecified atom stereocenters. The molecule has 0 amide bonds. The van der Waals surface area contributed by atoms with E-state index in [0.29, 0.717) is 0 Å². The molecule has 1 N–H and O–H groups in total. The highest BCUT2D eigenvalue weighted by molar-refractivity contribution is 5.10. The third-order valence-electron chi connectivity index (χ3n) is 5.70. The van der Waals surface area contributed by atoms with Gasteiger partial charge in [0, 0.05) is 0 Å². The Morgan fingerprint density at radius 1 is 0.769 bits per heavy atom. The quantitative estimate of drug-likeness (QED) is 0.563. The van der Waals surface area contributed by atoms with Gasteiger partial charge < -0.3 is 5.11 Å². The van der Waals surface area contributed by atoms with Gasteiger partial charge in [-0.3, -0.25) is 0 Å². The summed E-state index contributed by atoms with van der Waals surface area (Å²) in [4.78, 5) is 0. The van der Waals surface area contributed by atoms with Crippen LogP contribution in [-0.4, -0.2) is 11.2 Å². The molecule has 13 heavy (non-hydrogen) atoms. The summed E-state index contributed by atoms with van der Waals surface area (Å²) in [7, 11) is 0. The SMILES string of the molecule is O[C@@H]1C[C@@H]2C[C@H]1[C@H]1[C@H]3CC[C@H](C3)[C@@H]21. The van der Waals surface area contributed by atoms with Gasteiger partial charge in [0.2, 0.25) is 0 Å². The van der Waals surface area contributed by atoms with Crippen molar-refractivity contribution in [2.45, 2.75) is 38.2 Å². The summed E-state index contributed by atoms with van der Waals surface area (Å²) in [5.41, 5.74) is 0. The Labute approximate surface area is 79.5 Å². The molecule has 4 rings (SSSR count). The zero-order chi connectivity index (χ0) is 8.58. The molecule has 7 atom stereocenters. The highest BCUT2D eigenvalue weighted by atomic mass is 16.3. The van der Waals surface area contributed by atoms with E-state index < -0.39 is 0 Å². The molecule has 0 heterocycles. The standard InChI is InChI=1S/C12H18O/c13-10-5-8-4-9(10)12-7-2-1-6(3-7)11(8)12/h6-13H,1-5H2/t6-,7+,8+,9-,10-,11+,12-/m1/s1. The summed E-state index contributed by atoms with van der Waals surface area (Å²) < 4.78 is 0. The minimum atomic E-state index is 0.0885. The normalized spacial score (nSPS) is 67.6. The van der Waals surface area contributed by atoms with E-state index in [0.717, 1.165) is 41.9 Å². The lowest BCUT2D eigenvalue weighted by Crippen LogP contribution is -2.34. The van der Waals surface area contributed by atoms with Gasteiger partial charge in [-0.2, -0.15) is 0 Å². The molecule has 4 saturated carbocycles. The minimum Gasteiger partial charge on any atom is -0.393 e. The van der Waals surface area contributed by atoms with Crippen molar-refractivity contribution in [1.29, 1.82) is 0 Å². The van der Waals surface area contributed by atoms with Crippen LogP contribution in [0, 0.1) is 35.5 Å². The van der Waals surface area contributed by atoms with Crippen LogP contribution in [0.2, 0.25) is 0 Å². The maximum Gasteiger partial charge on any atom is 0.0574 e. The van der Waals surface area contributed by atoms with E-state index in [1.54, 1.807) is 0 Å². The van der Waals surface area contributed by atoms with Crippen molar-refractivity contribution in [3.05, 3.63) is 0 Å². The smallest absolute Gasteiger partial charge is 0.0574 e. The number of hydrogen-bond acceptors (Lipinski definition) is 1. The molecule has 4 aliphatic carbocycles. The van der Waals surface area contributed by atoms with Gasteiger partial charge in [-0.25, -0.2) is 0 Å². The first kappa shape index (κ1) is 7.28. The maximum atomic E-state index is 9.89. The first-order chi connectivity index (χ1) is 6.34. The molecule has 0 spiro atoms.